The number of imide groups is 1. The van der Waals surface area contributed by atoms with Crippen molar-refractivity contribution in [2.75, 3.05) is 20.3 Å². The van der Waals surface area contributed by atoms with Crippen LogP contribution in [0.2, 0.25) is 0 Å². The highest BCUT2D eigenvalue weighted by molar-refractivity contribution is 8.18. The van der Waals surface area contributed by atoms with E-state index in [1.807, 2.05) is 6.92 Å². The molecule has 1 aromatic rings. The van der Waals surface area contributed by atoms with Crippen molar-refractivity contribution in [2.45, 2.75) is 6.92 Å². The first kappa shape index (κ1) is 16.9. The zero-order chi connectivity index (χ0) is 17.0. The quantitative estimate of drug-likeness (QED) is 0.793. The molecule has 0 spiro atoms. The van der Waals surface area contributed by atoms with Gasteiger partial charge in [0.1, 0.15) is 6.54 Å². The number of para-hydroxylation sites is 1. The fourth-order valence-corrected chi connectivity index (χ4v) is 2.87. The highest BCUT2D eigenvalue weighted by Gasteiger charge is 2.36. The molecule has 1 fully saturated rings. The summed E-state index contributed by atoms with van der Waals surface area (Å²) in [7, 11) is 1.52. The zero-order valence-corrected chi connectivity index (χ0v) is 13.5. The third-order valence-electron chi connectivity index (χ3n) is 2.99. The van der Waals surface area contributed by atoms with Crippen molar-refractivity contribution in [3.63, 3.8) is 0 Å². The SMILES string of the molecule is CCOc1c(/C=C2\SC(=O)N(CC(N)=O)C2=O)cccc1OC. The number of carbonyl (C=O) groups excluding carboxylic acids is 3. The molecule has 0 aromatic heterocycles. The average molecular weight is 336 g/mol. The highest BCUT2D eigenvalue weighted by atomic mass is 32.2. The first-order chi connectivity index (χ1) is 11.0. The number of amides is 3. The second-order valence-corrected chi connectivity index (χ2v) is 5.54. The molecule has 0 bridgehead atoms. The Bertz CT molecular complexity index is 686. The Morgan fingerprint density at radius 2 is 2.13 bits per heavy atom. The van der Waals surface area contributed by atoms with Gasteiger partial charge in [0.25, 0.3) is 11.1 Å². The normalized spacial score (nSPS) is 16.1. The Labute approximate surface area is 137 Å². The molecule has 0 aliphatic carbocycles. The number of nitrogens with zero attached hydrogens (tertiary/aromatic N) is 1. The third kappa shape index (κ3) is 3.65. The van der Waals surface area contributed by atoms with Crippen LogP contribution in [0.3, 0.4) is 0 Å². The van der Waals surface area contributed by atoms with Crippen LogP contribution in [0.4, 0.5) is 4.79 Å². The lowest BCUT2D eigenvalue weighted by molar-refractivity contribution is -0.127. The molecule has 3 amide bonds. The smallest absolute Gasteiger partial charge is 0.294 e. The molecule has 122 valence electrons. The standard InChI is InChI=1S/C15H16N2O5S/c1-3-22-13-9(5-4-6-10(13)21-2)7-11-14(19)17(8-12(16)18)15(20)23-11/h4-7H,3,8H2,1-2H3,(H2,16,18)/b11-7-. The van der Waals surface area contributed by atoms with Crippen LogP contribution in [0.25, 0.3) is 6.08 Å². The minimum Gasteiger partial charge on any atom is -0.493 e. The van der Waals surface area contributed by atoms with Gasteiger partial charge in [-0.2, -0.15) is 0 Å². The molecule has 8 heteroatoms. The summed E-state index contributed by atoms with van der Waals surface area (Å²) in [6.07, 6.45) is 1.54. The number of carbonyl (C=O) groups is 3. The molecule has 1 aromatic carbocycles. The Morgan fingerprint density at radius 1 is 1.39 bits per heavy atom. The van der Waals surface area contributed by atoms with Crippen LogP contribution < -0.4 is 15.2 Å². The van der Waals surface area contributed by atoms with Gasteiger partial charge >= 0.3 is 0 Å². The van der Waals surface area contributed by atoms with Gasteiger partial charge in [0.15, 0.2) is 11.5 Å². The van der Waals surface area contributed by atoms with E-state index >= 15 is 0 Å². The summed E-state index contributed by atoms with van der Waals surface area (Å²) < 4.78 is 10.8. The van der Waals surface area contributed by atoms with Crippen LogP contribution in [0.5, 0.6) is 11.5 Å². The summed E-state index contributed by atoms with van der Waals surface area (Å²) in [6.45, 7) is 1.82. The van der Waals surface area contributed by atoms with Crippen molar-refractivity contribution < 1.29 is 23.9 Å². The van der Waals surface area contributed by atoms with Gasteiger partial charge in [-0.05, 0) is 30.8 Å². The Kier molecular flexibility index (Phi) is 5.28. The lowest BCUT2D eigenvalue weighted by Crippen LogP contribution is -2.36. The van der Waals surface area contributed by atoms with E-state index in [0.29, 0.717) is 23.7 Å². The molecular weight excluding hydrogens is 320 g/mol. The molecule has 7 nitrogen and oxygen atoms in total. The van der Waals surface area contributed by atoms with E-state index in [1.54, 1.807) is 24.3 Å². The number of primary amides is 1. The van der Waals surface area contributed by atoms with E-state index in [9.17, 15) is 14.4 Å². The minimum atomic E-state index is -0.745. The van der Waals surface area contributed by atoms with Gasteiger partial charge in [0, 0.05) is 5.56 Å². The van der Waals surface area contributed by atoms with Crippen LogP contribution >= 0.6 is 11.8 Å². The molecule has 2 rings (SSSR count). The summed E-state index contributed by atoms with van der Waals surface area (Å²) in [5, 5.41) is -0.527. The summed E-state index contributed by atoms with van der Waals surface area (Å²) in [6, 6.07) is 5.23. The van der Waals surface area contributed by atoms with Crippen LogP contribution in [0.15, 0.2) is 23.1 Å². The molecule has 23 heavy (non-hydrogen) atoms. The number of rotatable bonds is 6. The van der Waals surface area contributed by atoms with Crippen LogP contribution in [-0.2, 0) is 9.59 Å². The number of methoxy groups -OCH3 is 1. The van der Waals surface area contributed by atoms with Gasteiger partial charge in [-0.25, -0.2) is 0 Å². The van der Waals surface area contributed by atoms with Gasteiger partial charge in [-0.15, -0.1) is 0 Å². The first-order valence-corrected chi connectivity index (χ1v) is 7.63. The fourth-order valence-electron chi connectivity index (χ4n) is 2.04. The van der Waals surface area contributed by atoms with Crippen LogP contribution in [-0.4, -0.2) is 42.2 Å². The van der Waals surface area contributed by atoms with E-state index in [-0.39, 0.29) is 4.91 Å². The van der Waals surface area contributed by atoms with Gasteiger partial charge in [0.2, 0.25) is 5.91 Å². The lowest BCUT2D eigenvalue weighted by atomic mass is 10.1. The maximum Gasteiger partial charge on any atom is 0.294 e. The molecule has 1 aliphatic heterocycles. The molecular formula is C15H16N2O5S. The molecule has 1 heterocycles. The largest absolute Gasteiger partial charge is 0.493 e. The van der Waals surface area contributed by atoms with Gasteiger partial charge < -0.3 is 15.2 Å². The molecule has 0 unspecified atom stereocenters. The number of benzene rings is 1. The molecule has 0 radical (unpaired) electrons. The monoisotopic (exact) mass is 336 g/mol. The summed E-state index contributed by atoms with van der Waals surface area (Å²) in [5.74, 6) is -0.287. The van der Waals surface area contributed by atoms with Gasteiger partial charge in [-0.1, -0.05) is 12.1 Å². The topological polar surface area (TPSA) is 98.9 Å². The number of hydrogen-bond acceptors (Lipinski definition) is 6. The van der Waals surface area contributed by atoms with Crippen molar-refractivity contribution in [1.82, 2.24) is 4.90 Å². The lowest BCUT2D eigenvalue weighted by Gasteiger charge is -2.12. The van der Waals surface area contributed by atoms with E-state index in [2.05, 4.69) is 0 Å². The van der Waals surface area contributed by atoms with Crippen molar-refractivity contribution in [2.24, 2.45) is 5.73 Å². The molecule has 1 aliphatic rings. The fraction of sp³-hybridized carbons (Fsp3) is 0.267. The van der Waals surface area contributed by atoms with Crippen LogP contribution in [0.1, 0.15) is 12.5 Å². The third-order valence-corrected chi connectivity index (χ3v) is 3.90. The second-order valence-electron chi connectivity index (χ2n) is 4.55. The predicted molar refractivity (Wildman–Crippen MR) is 86.0 cm³/mol. The van der Waals surface area contributed by atoms with Crippen LogP contribution in [0, 0.1) is 0 Å². The van der Waals surface area contributed by atoms with E-state index < -0.39 is 23.6 Å². The van der Waals surface area contributed by atoms with E-state index in [0.717, 1.165) is 16.7 Å². The van der Waals surface area contributed by atoms with Crippen molar-refractivity contribution in [1.29, 1.82) is 0 Å². The Morgan fingerprint density at radius 3 is 2.74 bits per heavy atom. The summed E-state index contributed by atoms with van der Waals surface area (Å²) in [5.41, 5.74) is 5.65. The number of hydrogen-bond donors (Lipinski definition) is 1. The summed E-state index contributed by atoms with van der Waals surface area (Å²) in [4.78, 5) is 36.0. The molecule has 0 atom stereocenters. The van der Waals surface area contributed by atoms with E-state index in [4.69, 9.17) is 15.2 Å². The van der Waals surface area contributed by atoms with Gasteiger partial charge in [-0.3, -0.25) is 19.3 Å². The number of ether oxygens (including phenoxy) is 2. The number of thioether (sulfide) groups is 1. The minimum absolute atomic E-state index is 0.199. The first-order valence-electron chi connectivity index (χ1n) is 6.81. The second kappa shape index (κ2) is 7.19. The predicted octanol–water partition coefficient (Wildman–Crippen LogP) is 1.62. The van der Waals surface area contributed by atoms with E-state index in [1.165, 1.54) is 7.11 Å². The Hall–Kier alpha value is -2.48. The maximum absolute atomic E-state index is 12.2. The van der Waals surface area contributed by atoms with Gasteiger partial charge in [0.05, 0.1) is 18.6 Å². The van der Waals surface area contributed by atoms with Crippen molar-refractivity contribution in [3.05, 3.63) is 28.7 Å². The van der Waals surface area contributed by atoms with Crippen molar-refractivity contribution in [3.8, 4) is 11.5 Å². The zero-order valence-electron chi connectivity index (χ0n) is 12.7. The van der Waals surface area contributed by atoms with Crippen molar-refractivity contribution >= 4 is 34.9 Å². The molecule has 1 saturated heterocycles. The Balaban J connectivity index is 2.37. The maximum atomic E-state index is 12.2. The summed E-state index contributed by atoms with van der Waals surface area (Å²) >= 11 is 0.753. The average Bonchev–Trinajstić information content (AvgIpc) is 2.76. The number of nitrogens with two attached hydrogens (primary N) is 1. The molecule has 2 N–H and O–H groups in total. The highest BCUT2D eigenvalue weighted by Crippen LogP contribution is 2.37. The molecule has 0 saturated carbocycles.